The molecule has 5 nitrogen and oxygen atoms in total. The van der Waals surface area contributed by atoms with Crippen molar-refractivity contribution in [2.24, 2.45) is 5.92 Å². The summed E-state index contributed by atoms with van der Waals surface area (Å²) in [5.74, 6) is 3.38. The average molecular weight is 300 g/mol. The first-order valence-corrected chi connectivity index (χ1v) is 7.92. The van der Waals surface area contributed by atoms with Crippen LogP contribution in [0.2, 0.25) is 0 Å². The number of hydrogen-bond donors (Lipinski definition) is 1. The van der Waals surface area contributed by atoms with Crippen molar-refractivity contribution >= 4 is 5.82 Å². The van der Waals surface area contributed by atoms with Gasteiger partial charge in [-0.2, -0.15) is 0 Å². The highest BCUT2D eigenvalue weighted by atomic mass is 16.4. The summed E-state index contributed by atoms with van der Waals surface area (Å²) in [6.07, 6.45) is 3.11. The van der Waals surface area contributed by atoms with Crippen molar-refractivity contribution in [2.75, 3.05) is 25.0 Å². The zero-order chi connectivity index (χ0) is 15.5. The number of hydrogen-bond acceptors (Lipinski definition) is 5. The smallest absolute Gasteiger partial charge is 0.208 e. The van der Waals surface area contributed by atoms with Crippen LogP contribution in [0.1, 0.15) is 29.3 Å². The maximum atomic E-state index is 5.67. The van der Waals surface area contributed by atoms with E-state index >= 15 is 0 Å². The van der Waals surface area contributed by atoms with Crippen LogP contribution >= 0.6 is 0 Å². The predicted molar refractivity (Wildman–Crippen MR) is 86.8 cm³/mol. The molecule has 2 aromatic heterocycles. The van der Waals surface area contributed by atoms with E-state index in [-0.39, 0.29) is 0 Å². The van der Waals surface area contributed by atoms with Crippen molar-refractivity contribution in [1.82, 2.24) is 14.9 Å². The van der Waals surface area contributed by atoms with Crippen molar-refractivity contribution in [2.45, 2.75) is 33.7 Å². The number of likely N-dealkylation sites (tertiary alicyclic amines) is 1. The molecule has 1 saturated heterocycles. The van der Waals surface area contributed by atoms with Crippen LogP contribution in [-0.2, 0) is 6.54 Å². The third-order valence-electron chi connectivity index (χ3n) is 4.28. The third-order valence-corrected chi connectivity index (χ3v) is 4.28. The highest BCUT2D eigenvalue weighted by Crippen LogP contribution is 2.20. The molecule has 0 aromatic carbocycles. The number of aryl methyl sites for hydroxylation is 3. The molecule has 1 atom stereocenters. The van der Waals surface area contributed by atoms with Gasteiger partial charge >= 0.3 is 0 Å². The highest BCUT2D eigenvalue weighted by molar-refractivity contribution is 5.35. The average Bonchev–Trinajstić information content (AvgIpc) is 3.06. The van der Waals surface area contributed by atoms with E-state index in [1.807, 2.05) is 26.1 Å². The molecular formula is C17H24N4O. The van der Waals surface area contributed by atoms with E-state index < -0.39 is 0 Å². The van der Waals surface area contributed by atoms with E-state index in [9.17, 15) is 0 Å². The third kappa shape index (κ3) is 3.65. The number of pyridine rings is 1. The summed E-state index contributed by atoms with van der Waals surface area (Å²) in [6.45, 7) is 9.99. The van der Waals surface area contributed by atoms with Crippen molar-refractivity contribution in [1.29, 1.82) is 0 Å². The second-order valence-electron chi connectivity index (χ2n) is 6.24. The summed E-state index contributed by atoms with van der Waals surface area (Å²) in [5, 5.41) is 3.43. The summed E-state index contributed by atoms with van der Waals surface area (Å²) >= 11 is 0. The van der Waals surface area contributed by atoms with Crippen LogP contribution in [0.25, 0.3) is 0 Å². The molecule has 0 radical (unpaired) electrons. The van der Waals surface area contributed by atoms with E-state index in [4.69, 9.17) is 4.42 Å². The summed E-state index contributed by atoms with van der Waals surface area (Å²) in [4.78, 5) is 11.3. The number of oxazole rings is 1. The fourth-order valence-corrected chi connectivity index (χ4v) is 2.84. The SMILES string of the molecule is Cc1ccc(NC[C@H]2CCN(Cc3nc(C)c(C)o3)C2)nc1. The van der Waals surface area contributed by atoms with Gasteiger partial charge in [-0.05, 0) is 51.3 Å². The molecule has 0 saturated carbocycles. The Kier molecular flexibility index (Phi) is 4.43. The van der Waals surface area contributed by atoms with E-state index in [1.165, 1.54) is 12.0 Å². The minimum atomic E-state index is 0.653. The molecule has 22 heavy (non-hydrogen) atoms. The van der Waals surface area contributed by atoms with Crippen molar-refractivity contribution in [3.8, 4) is 0 Å². The molecule has 0 aliphatic carbocycles. The lowest BCUT2D eigenvalue weighted by Crippen LogP contribution is -2.23. The summed E-state index contributed by atoms with van der Waals surface area (Å²) in [5.41, 5.74) is 2.19. The second kappa shape index (κ2) is 6.48. The Balaban J connectivity index is 1.46. The minimum absolute atomic E-state index is 0.653. The van der Waals surface area contributed by atoms with E-state index in [1.54, 1.807) is 0 Å². The zero-order valence-corrected chi connectivity index (χ0v) is 13.6. The number of nitrogens with zero attached hydrogens (tertiary/aromatic N) is 3. The Bertz CT molecular complexity index is 601. The zero-order valence-electron chi connectivity index (χ0n) is 13.6. The minimum Gasteiger partial charge on any atom is -0.444 e. The summed E-state index contributed by atoms with van der Waals surface area (Å²) in [7, 11) is 0. The molecule has 3 rings (SSSR count). The quantitative estimate of drug-likeness (QED) is 0.920. The lowest BCUT2D eigenvalue weighted by atomic mass is 10.1. The van der Waals surface area contributed by atoms with Crippen molar-refractivity contribution < 1.29 is 4.42 Å². The van der Waals surface area contributed by atoms with Gasteiger partial charge in [-0.3, -0.25) is 4.90 Å². The Morgan fingerprint density at radius 1 is 1.32 bits per heavy atom. The first-order chi connectivity index (χ1) is 10.6. The van der Waals surface area contributed by atoms with E-state index in [2.05, 4.69) is 33.2 Å². The second-order valence-corrected chi connectivity index (χ2v) is 6.24. The van der Waals surface area contributed by atoms with E-state index in [0.29, 0.717) is 5.92 Å². The fraction of sp³-hybridized carbons (Fsp3) is 0.529. The molecule has 1 aliphatic heterocycles. The van der Waals surface area contributed by atoms with Gasteiger partial charge in [-0.1, -0.05) is 6.07 Å². The molecule has 0 bridgehead atoms. The number of aromatic nitrogens is 2. The Hall–Kier alpha value is -1.88. The molecule has 1 N–H and O–H groups in total. The number of anilines is 1. The molecule has 118 valence electrons. The first kappa shape index (κ1) is 15.0. The molecule has 0 amide bonds. The van der Waals surface area contributed by atoms with Crippen LogP contribution in [0.4, 0.5) is 5.82 Å². The van der Waals surface area contributed by atoms with Gasteiger partial charge in [-0.25, -0.2) is 9.97 Å². The largest absolute Gasteiger partial charge is 0.444 e. The van der Waals surface area contributed by atoms with Gasteiger partial charge < -0.3 is 9.73 Å². The lowest BCUT2D eigenvalue weighted by molar-refractivity contribution is 0.279. The molecule has 3 heterocycles. The van der Waals surface area contributed by atoms with Gasteiger partial charge in [0, 0.05) is 19.3 Å². The van der Waals surface area contributed by atoms with Crippen LogP contribution in [0.5, 0.6) is 0 Å². The molecule has 1 fully saturated rings. The maximum Gasteiger partial charge on any atom is 0.208 e. The standard InChI is InChI=1S/C17H24N4O/c1-12-4-5-16(18-8-12)19-9-15-6-7-21(10-15)11-17-20-13(2)14(3)22-17/h4-5,8,15H,6-7,9-11H2,1-3H3,(H,18,19)/t15-/m1/s1. The van der Waals surface area contributed by atoms with E-state index in [0.717, 1.165) is 49.3 Å². The molecule has 0 unspecified atom stereocenters. The molecule has 5 heteroatoms. The van der Waals surface area contributed by atoms with Gasteiger partial charge in [0.2, 0.25) is 5.89 Å². The Morgan fingerprint density at radius 3 is 2.86 bits per heavy atom. The Labute approximate surface area is 131 Å². The van der Waals surface area contributed by atoms with Gasteiger partial charge in [0.25, 0.3) is 0 Å². The van der Waals surface area contributed by atoms with Crippen LogP contribution in [0.15, 0.2) is 22.7 Å². The normalized spacial score (nSPS) is 18.8. The molecular weight excluding hydrogens is 276 g/mol. The topological polar surface area (TPSA) is 54.2 Å². The Morgan fingerprint density at radius 2 is 2.18 bits per heavy atom. The monoisotopic (exact) mass is 300 g/mol. The molecule has 0 spiro atoms. The number of nitrogens with one attached hydrogen (secondary N) is 1. The van der Waals surface area contributed by atoms with Crippen molar-refractivity contribution in [3.05, 3.63) is 41.2 Å². The van der Waals surface area contributed by atoms with Gasteiger partial charge in [0.1, 0.15) is 11.6 Å². The first-order valence-electron chi connectivity index (χ1n) is 7.92. The number of rotatable bonds is 5. The highest BCUT2D eigenvalue weighted by Gasteiger charge is 2.23. The van der Waals surface area contributed by atoms with Crippen LogP contribution < -0.4 is 5.32 Å². The van der Waals surface area contributed by atoms with Crippen LogP contribution in [0.3, 0.4) is 0 Å². The lowest BCUT2D eigenvalue weighted by Gasteiger charge is -2.14. The van der Waals surface area contributed by atoms with Crippen LogP contribution in [-0.4, -0.2) is 34.5 Å². The fourth-order valence-electron chi connectivity index (χ4n) is 2.84. The summed E-state index contributed by atoms with van der Waals surface area (Å²) in [6, 6.07) is 4.13. The van der Waals surface area contributed by atoms with Crippen molar-refractivity contribution in [3.63, 3.8) is 0 Å². The molecule has 2 aromatic rings. The summed E-state index contributed by atoms with van der Waals surface area (Å²) < 4.78 is 5.67. The van der Waals surface area contributed by atoms with Gasteiger partial charge in [0.15, 0.2) is 0 Å². The predicted octanol–water partition coefficient (Wildman–Crippen LogP) is 2.93. The maximum absolute atomic E-state index is 5.67. The molecule has 1 aliphatic rings. The van der Waals surface area contributed by atoms with Gasteiger partial charge in [-0.15, -0.1) is 0 Å². The van der Waals surface area contributed by atoms with Crippen LogP contribution in [0, 0.1) is 26.7 Å². The van der Waals surface area contributed by atoms with Gasteiger partial charge in [0.05, 0.1) is 12.2 Å².